The quantitative estimate of drug-likeness (QED) is 0.423. The normalized spacial score (nSPS) is 10.4. The molecule has 0 aromatic heterocycles. The van der Waals surface area contributed by atoms with Crippen molar-refractivity contribution in [1.29, 1.82) is 0 Å². The number of hydrogen-bond acceptors (Lipinski definition) is 0. The van der Waals surface area contributed by atoms with E-state index in [9.17, 15) is 0 Å². The molecule has 0 heterocycles. The van der Waals surface area contributed by atoms with E-state index in [1.165, 1.54) is 29.0 Å². The first-order chi connectivity index (χ1) is 10.3. The largest absolute Gasteiger partial charge is 0.147 e. The van der Waals surface area contributed by atoms with Crippen LogP contribution in [-0.2, 0) is 0 Å². The molecule has 0 fully saturated rings. The van der Waals surface area contributed by atoms with E-state index in [2.05, 4.69) is 87.0 Å². The summed E-state index contributed by atoms with van der Waals surface area (Å²) in [5.74, 6) is 1.41. The lowest BCUT2D eigenvalue weighted by Gasteiger charge is -2.08. The molecule has 2 rings (SSSR count). The van der Waals surface area contributed by atoms with E-state index < -0.39 is 0 Å². The SMILES string of the molecule is C[C](C)[CH+]CCCC=C(c1ccccc1)c1ccccc1. The van der Waals surface area contributed by atoms with E-state index in [-0.39, 0.29) is 0 Å². The lowest BCUT2D eigenvalue weighted by atomic mass is 9.96. The van der Waals surface area contributed by atoms with Crippen molar-refractivity contribution in [3.8, 4) is 0 Å². The van der Waals surface area contributed by atoms with Crippen LogP contribution in [0.15, 0.2) is 66.7 Å². The summed E-state index contributed by atoms with van der Waals surface area (Å²) in [5.41, 5.74) is 3.94. The van der Waals surface area contributed by atoms with Crippen LogP contribution in [0, 0.1) is 12.3 Å². The van der Waals surface area contributed by atoms with E-state index >= 15 is 0 Å². The van der Waals surface area contributed by atoms with Crippen LogP contribution in [0.5, 0.6) is 0 Å². The average Bonchev–Trinajstić information content (AvgIpc) is 2.52. The molecule has 0 N–H and O–H groups in total. The molecule has 107 valence electrons. The van der Waals surface area contributed by atoms with E-state index in [4.69, 9.17) is 0 Å². The van der Waals surface area contributed by atoms with E-state index in [1.54, 1.807) is 0 Å². The summed E-state index contributed by atoms with van der Waals surface area (Å²) < 4.78 is 0. The summed E-state index contributed by atoms with van der Waals surface area (Å²) in [5, 5.41) is 0. The highest BCUT2D eigenvalue weighted by molar-refractivity contribution is 5.79. The molecule has 2 aromatic carbocycles. The van der Waals surface area contributed by atoms with Gasteiger partial charge in [-0.15, -0.1) is 0 Å². The van der Waals surface area contributed by atoms with Gasteiger partial charge in [0.1, 0.15) is 5.92 Å². The van der Waals surface area contributed by atoms with Crippen LogP contribution in [0.2, 0.25) is 0 Å². The molecule has 0 aliphatic carbocycles. The van der Waals surface area contributed by atoms with Crippen LogP contribution in [0.3, 0.4) is 0 Å². The molecule has 2 aromatic rings. The highest BCUT2D eigenvalue weighted by Crippen LogP contribution is 2.24. The zero-order valence-electron chi connectivity index (χ0n) is 13.0. The molecule has 0 saturated heterocycles. The number of rotatable bonds is 7. The monoisotopic (exact) mass is 276 g/mol. The number of allylic oxidation sites excluding steroid dienone is 1. The summed E-state index contributed by atoms with van der Waals surface area (Å²) in [6, 6.07) is 21.3. The lowest BCUT2D eigenvalue weighted by Crippen LogP contribution is -1.89. The first kappa shape index (κ1) is 15.4. The van der Waals surface area contributed by atoms with Crippen LogP contribution in [0.1, 0.15) is 44.2 Å². The third-order valence-corrected chi connectivity index (χ3v) is 3.48. The summed E-state index contributed by atoms with van der Waals surface area (Å²) in [4.78, 5) is 0. The minimum atomic E-state index is 1.11. The van der Waals surface area contributed by atoms with Gasteiger partial charge >= 0.3 is 0 Å². The van der Waals surface area contributed by atoms with Crippen molar-refractivity contribution in [2.24, 2.45) is 0 Å². The molecule has 0 nitrogen and oxygen atoms in total. The maximum Gasteiger partial charge on any atom is 0.147 e. The molecule has 21 heavy (non-hydrogen) atoms. The van der Waals surface area contributed by atoms with Gasteiger partial charge in [0, 0.05) is 0 Å². The molecule has 0 heteroatoms. The molecule has 0 spiro atoms. The maximum absolute atomic E-state index is 2.38. The fourth-order valence-electron chi connectivity index (χ4n) is 2.39. The second kappa shape index (κ2) is 8.36. The van der Waals surface area contributed by atoms with Crippen molar-refractivity contribution in [2.75, 3.05) is 0 Å². The molecule has 0 bridgehead atoms. The molecule has 0 amide bonds. The van der Waals surface area contributed by atoms with Crippen molar-refractivity contribution in [2.45, 2.75) is 33.1 Å². The molecule has 1 radical (unpaired) electrons. The molecular formula is C21H24+. The van der Waals surface area contributed by atoms with E-state index in [0.29, 0.717) is 0 Å². The van der Waals surface area contributed by atoms with Gasteiger partial charge in [0.25, 0.3) is 0 Å². The van der Waals surface area contributed by atoms with Gasteiger partial charge in [-0.25, -0.2) is 0 Å². The maximum atomic E-state index is 2.38. The van der Waals surface area contributed by atoms with Crippen molar-refractivity contribution in [1.82, 2.24) is 0 Å². The Balaban J connectivity index is 2.10. The molecule has 0 aliphatic heterocycles. The minimum absolute atomic E-state index is 1.11. The van der Waals surface area contributed by atoms with Crippen LogP contribution in [0.25, 0.3) is 5.57 Å². The average molecular weight is 276 g/mol. The fraction of sp³-hybridized carbons (Fsp3) is 0.238. The Morgan fingerprint density at radius 1 is 0.857 bits per heavy atom. The summed E-state index contributed by atoms with van der Waals surface area (Å²) in [6.45, 7) is 4.32. The van der Waals surface area contributed by atoms with Gasteiger partial charge in [-0.2, -0.15) is 0 Å². The second-order valence-corrected chi connectivity index (χ2v) is 5.56. The van der Waals surface area contributed by atoms with Crippen LogP contribution >= 0.6 is 0 Å². The standard InChI is InChI=1S/C21H24/c1-18(2)12-6-3-11-17-21(19-13-7-4-8-14-19)20-15-9-5-10-16-20/h4-5,7-10,12-17H,3,6,11H2,1-2H3/q+1. The van der Waals surface area contributed by atoms with Crippen LogP contribution < -0.4 is 0 Å². The third-order valence-electron chi connectivity index (χ3n) is 3.48. The first-order valence-corrected chi connectivity index (χ1v) is 7.72. The summed E-state index contributed by atoms with van der Waals surface area (Å²) in [6.07, 6.45) is 8.18. The van der Waals surface area contributed by atoms with Gasteiger partial charge in [0.15, 0.2) is 0 Å². The molecule has 0 atom stereocenters. The zero-order chi connectivity index (χ0) is 14.9. The predicted octanol–water partition coefficient (Wildman–Crippen LogP) is 6.11. The van der Waals surface area contributed by atoms with Gasteiger partial charge in [-0.3, -0.25) is 0 Å². The highest BCUT2D eigenvalue weighted by Gasteiger charge is 2.06. The topological polar surface area (TPSA) is 0 Å². The number of unbranched alkanes of at least 4 members (excludes halogenated alkanes) is 2. The second-order valence-electron chi connectivity index (χ2n) is 5.56. The summed E-state index contributed by atoms with van der Waals surface area (Å²) in [7, 11) is 0. The van der Waals surface area contributed by atoms with Gasteiger partial charge in [-0.1, -0.05) is 66.7 Å². The predicted molar refractivity (Wildman–Crippen MR) is 92.7 cm³/mol. The highest BCUT2D eigenvalue weighted by atomic mass is 14.1. The molecule has 0 saturated carbocycles. The third kappa shape index (κ3) is 5.15. The van der Waals surface area contributed by atoms with E-state index in [0.717, 1.165) is 12.8 Å². The molecule has 0 aliphatic rings. The van der Waals surface area contributed by atoms with Crippen molar-refractivity contribution >= 4 is 5.57 Å². The Hall–Kier alpha value is -1.95. The van der Waals surface area contributed by atoms with Gasteiger partial charge in [-0.05, 0) is 43.4 Å². The van der Waals surface area contributed by atoms with Crippen LogP contribution in [0.4, 0.5) is 0 Å². The zero-order valence-corrected chi connectivity index (χ0v) is 13.0. The number of hydrogen-bond donors (Lipinski definition) is 0. The van der Waals surface area contributed by atoms with Crippen molar-refractivity contribution in [3.05, 3.63) is 90.2 Å². The first-order valence-electron chi connectivity index (χ1n) is 7.72. The molecule has 0 unspecified atom stereocenters. The van der Waals surface area contributed by atoms with Gasteiger partial charge in [0.2, 0.25) is 0 Å². The van der Waals surface area contributed by atoms with Crippen LogP contribution in [-0.4, -0.2) is 0 Å². The van der Waals surface area contributed by atoms with Crippen molar-refractivity contribution in [3.63, 3.8) is 0 Å². The fourth-order valence-corrected chi connectivity index (χ4v) is 2.39. The Morgan fingerprint density at radius 3 is 1.86 bits per heavy atom. The van der Waals surface area contributed by atoms with Gasteiger partial charge < -0.3 is 0 Å². The minimum Gasteiger partial charge on any atom is -0.0759 e. The Labute approximate surface area is 129 Å². The Bertz CT molecular complexity index is 493. The Morgan fingerprint density at radius 2 is 1.38 bits per heavy atom. The molecular weight excluding hydrogens is 252 g/mol. The lowest BCUT2D eigenvalue weighted by molar-refractivity contribution is 0.809. The Kier molecular flexibility index (Phi) is 6.15. The smallest absolute Gasteiger partial charge is 0.0759 e. The van der Waals surface area contributed by atoms with Gasteiger partial charge in [0.05, 0.1) is 12.8 Å². The summed E-state index contributed by atoms with van der Waals surface area (Å²) >= 11 is 0. The van der Waals surface area contributed by atoms with E-state index in [1.807, 2.05) is 0 Å². The number of benzene rings is 2. The van der Waals surface area contributed by atoms with Crippen molar-refractivity contribution < 1.29 is 0 Å².